The van der Waals surface area contributed by atoms with E-state index in [2.05, 4.69) is 10.3 Å². The summed E-state index contributed by atoms with van der Waals surface area (Å²) < 4.78 is 5.06. The number of carbonyl (C=O) groups excluding carboxylic acids is 1. The van der Waals surface area contributed by atoms with E-state index >= 15 is 0 Å². The van der Waals surface area contributed by atoms with E-state index in [9.17, 15) is 4.79 Å². The Hall–Kier alpha value is -1.17. The molecule has 1 aromatic heterocycles. The fraction of sp³-hybridized carbons (Fsp3) is 0.647. The first-order chi connectivity index (χ1) is 10.8. The monoisotopic (exact) mass is 341 g/mol. The van der Waals surface area contributed by atoms with E-state index in [4.69, 9.17) is 4.74 Å². The van der Waals surface area contributed by atoms with Gasteiger partial charge in [-0.05, 0) is 50.9 Å². The van der Waals surface area contributed by atoms with E-state index in [0.29, 0.717) is 25.6 Å². The molecule has 1 fully saturated rings. The van der Waals surface area contributed by atoms with E-state index in [1.807, 2.05) is 23.1 Å². The first-order valence-corrected chi connectivity index (χ1v) is 8.20. The van der Waals surface area contributed by atoms with Crippen LogP contribution in [0, 0.1) is 0 Å². The van der Waals surface area contributed by atoms with Gasteiger partial charge in [-0.2, -0.15) is 0 Å². The second kappa shape index (κ2) is 11.4. The van der Waals surface area contributed by atoms with Gasteiger partial charge in [-0.25, -0.2) is 0 Å². The summed E-state index contributed by atoms with van der Waals surface area (Å²) in [6.07, 6.45) is 6.31. The predicted molar refractivity (Wildman–Crippen MR) is 93.7 cm³/mol. The lowest BCUT2D eigenvalue weighted by atomic mass is 10.1. The van der Waals surface area contributed by atoms with Gasteiger partial charge in [0.2, 0.25) is 5.91 Å². The molecule has 1 unspecified atom stereocenters. The van der Waals surface area contributed by atoms with Gasteiger partial charge in [-0.1, -0.05) is 6.07 Å². The quantitative estimate of drug-likeness (QED) is 0.774. The van der Waals surface area contributed by atoms with Crippen molar-refractivity contribution in [2.75, 3.05) is 26.8 Å². The molecule has 23 heavy (non-hydrogen) atoms. The zero-order valence-electron chi connectivity index (χ0n) is 13.9. The number of pyridine rings is 1. The van der Waals surface area contributed by atoms with Crippen molar-refractivity contribution in [3.8, 4) is 0 Å². The number of ether oxygens (including phenoxy) is 1. The number of nitrogens with zero attached hydrogens (tertiary/aromatic N) is 2. The number of halogens is 1. The molecule has 1 aliphatic heterocycles. The van der Waals surface area contributed by atoms with Crippen LogP contribution in [0.2, 0.25) is 0 Å². The molecule has 6 heteroatoms. The van der Waals surface area contributed by atoms with Crippen LogP contribution in [0.3, 0.4) is 0 Å². The summed E-state index contributed by atoms with van der Waals surface area (Å²) >= 11 is 0. The van der Waals surface area contributed by atoms with Crippen molar-refractivity contribution in [2.24, 2.45) is 0 Å². The number of amides is 1. The smallest absolute Gasteiger partial charge is 0.223 e. The van der Waals surface area contributed by atoms with Crippen molar-refractivity contribution in [3.63, 3.8) is 0 Å². The third-order valence-electron chi connectivity index (χ3n) is 4.10. The second-order valence-electron chi connectivity index (χ2n) is 5.77. The second-order valence-corrected chi connectivity index (χ2v) is 5.77. The molecular weight excluding hydrogens is 314 g/mol. The fourth-order valence-electron chi connectivity index (χ4n) is 2.91. The van der Waals surface area contributed by atoms with Crippen molar-refractivity contribution in [2.45, 2.75) is 44.7 Å². The van der Waals surface area contributed by atoms with Crippen molar-refractivity contribution in [3.05, 3.63) is 30.1 Å². The Kier molecular flexibility index (Phi) is 9.83. The highest BCUT2D eigenvalue weighted by atomic mass is 35.5. The number of hydrogen-bond donors (Lipinski definition) is 1. The summed E-state index contributed by atoms with van der Waals surface area (Å²) in [6, 6.07) is 6.19. The van der Waals surface area contributed by atoms with Gasteiger partial charge in [-0.15, -0.1) is 12.4 Å². The van der Waals surface area contributed by atoms with Gasteiger partial charge in [0, 0.05) is 32.4 Å². The third-order valence-corrected chi connectivity index (χ3v) is 4.10. The van der Waals surface area contributed by atoms with Crippen molar-refractivity contribution >= 4 is 18.3 Å². The maximum atomic E-state index is 12.7. The van der Waals surface area contributed by atoms with E-state index < -0.39 is 0 Å². The first kappa shape index (κ1) is 19.9. The number of hydrogen-bond acceptors (Lipinski definition) is 4. The Labute approximate surface area is 145 Å². The third kappa shape index (κ3) is 6.85. The lowest BCUT2D eigenvalue weighted by Gasteiger charge is -2.31. The lowest BCUT2D eigenvalue weighted by molar-refractivity contribution is -0.134. The molecule has 1 N–H and O–H groups in total. The molecule has 1 atom stereocenters. The Morgan fingerprint density at radius 2 is 2.26 bits per heavy atom. The summed E-state index contributed by atoms with van der Waals surface area (Å²) in [4.78, 5) is 19.1. The van der Waals surface area contributed by atoms with Crippen LogP contribution >= 0.6 is 12.4 Å². The number of rotatable bonds is 7. The van der Waals surface area contributed by atoms with Crippen LogP contribution in [0.5, 0.6) is 0 Å². The summed E-state index contributed by atoms with van der Waals surface area (Å²) in [6.45, 7) is 3.27. The Morgan fingerprint density at radius 3 is 3.00 bits per heavy atom. The van der Waals surface area contributed by atoms with Gasteiger partial charge >= 0.3 is 0 Å². The highest BCUT2D eigenvalue weighted by Gasteiger charge is 2.24. The Balaban J connectivity index is 0.00000264. The minimum atomic E-state index is 0. The molecule has 1 saturated heterocycles. The topological polar surface area (TPSA) is 54.5 Å². The Morgan fingerprint density at radius 1 is 1.39 bits per heavy atom. The highest BCUT2D eigenvalue weighted by molar-refractivity contribution is 5.85. The maximum absolute atomic E-state index is 12.7. The van der Waals surface area contributed by atoms with Crippen LogP contribution in [0.4, 0.5) is 0 Å². The molecule has 0 bridgehead atoms. The lowest BCUT2D eigenvalue weighted by Crippen LogP contribution is -2.40. The van der Waals surface area contributed by atoms with Gasteiger partial charge in [0.1, 0.15) is 0 Å². The van der Waals surface area contributed by atoms with Crippen LogP contribution in [0.25, 0.3) is 0 Å². The van der Waals surface area contributed by atoms with Crippen LogP contribution in [-0.4, -0.2) is 48.6 Å². The minimum absolute atomic E-state index is 0. The van der Waals surface area contributed by atoms with Gasteiger partial charge in [0.05, 0.1) is 12.2 Å². The summed E-state index contributed by atoms with van der Waals surface area (Å²) in [5.74, 6) is 0.217. The van der Waals surface area contributed by atoms with Crippen molar-refractivity contribution < 1.29 is 9.53 Å². The van der Waals surface area contributed by atoms with Crippen LogP contribution in [-0.2, 0) is 16.1 Å². The zero-order valence-corrected chi connectivity index (χ0v) is 14.7. The molecular formula is C17H28ClN3O2. The molecule has 2 rings (SSSR count). The molecule has 0 spiro atoms. The van der Waals surface area contributed by atoms with Gasteiger partial charge in [0.15, 0.2) is 0 Å². The summed E-state index contributed by atoms with van der Waals surface area (Å²) in [5.41, 5.74) is 0.958. The molecule has 1 amide bonds. The summed E-state index contributed by atoms with van der Waals surface area (Å²) in [5, 5.41) is 3.41. The number of nitrogens with one attached hydrogen (secondary N) is 1. The minimum Gasteiger partial charge on any atom is -0.385 e. The van der Waals surface area contributed by atoms with E-state index in [-0.39, 0.29) is 18.3 Å². The molecule has 0 saturated carbocycles. The molecule has 0 aliphatic carbocycles. The molecule has 0 radical (unpaired) electrons. The largest absolute Gasteiger partial charge is 0.385 e. The number of aromatic nitrogens is 1. The maximum Gasteiger partial charge on any atom is 0.223 e. The first-order valence-electron chi connectivity index (χ1n) is 8.20. The van der Waals surface area contributed by atoms with Crippen LogP contribution in [0.1, 0.15) is 37.8 Å². The van der Waals surface area contributed by atoms with Gasteiger partial charge in [-0.3, -0.25) is 9.78 Å². The van der Waals surface area contributed by atoms with E-state index in [1.165, 1.54) is 0 Å². The zero-order chi connectivity index (χ0) is 15.6. The molecule has 1 aliphatic rings. The standard InChI is InChI=1S/C17H27N3O2.ClH/c1-22-13-5-8-17(21)20(14-15-6-2-3-11-19-15)16-7-4-10-18-12-9-16;/h2-3,6,11,16,18H,4-5,7-10,12-14H2,1H3;1H. The molecule has 130 valence electrons. The molecule has 1 aromatic rings. The molecule has 2 heterocycles. The normalized spacial score (nSPS) is 17.9. The van der Waals surface area contributed by atoms with Crippen LogP contribution in [0.15, 0.2) is 24.4 Å². The Bertz CT molecular complexity index is 437. The van der Waals surface area contributed by atoms with E-state index in [0.717, 1.165) is 44.5 Å². The van der Waals surface area contributed by atoms with Crippen LogP contribution < -0.4 is 5.32 Å². The number of methoxy groups -OCH3 is 1. The molecule has 5 nitrogen and oxygen atoms in total. The van der Waals surface area contributed by atoms with Gasteiger partial charge < -0.3 is 15.0 Å². The molecule has 0 aromatic carbocycles. The van der Waals surface area contributed by atoms with Crippen molar-refractivity contribution in [1.82, 2.24) is 15.2 Å². The fourth-order valence-corrected chi connectivity index (χ4v) is 2.91. The highest BCUT2D eigenvalue weighted by Crippen LogP contribution is 2.18. The summed E-state index contributed by atoms with van der Waals surface area (Å²) in [7, 11) is 1.67. The van der Waals surface area contributed by atoms with Crippen molar-refractivity contribution in [1.29, 1.82) is 0 Å². The van der Waals surface area contributed by atoms with E-state index in [1.54, 1.807) is 13.3 Å². The number of carbonyl (C=O) groups is 1. The van der Waals surface area contributed by atoms with Gasteiger partial charge in [0.25, 0.3) is 0 Å². The predicted octanol–water partition coefficient (Wildman–Crippen LogP) is 2.40. The average Bonchev–Trinajstić information content (AvgIpc) is 2.83. The SMILES string of the molecule is COCCCC(=O)N(Cc1ccccn1)C1CCCNCC1.Cl. The average molecular weight is 342 g/mol.